The predicted octanol–water partition coefficient (Wildman–Crippen LogP) is 9.11. The third-order valence-corrected chi connectivity index (χ3v) is 6.01. The molecule has 0 bridgehead atoms. The van der Waals surface area contributed by atoms with Gasteiger partial charge in [-0.05, 0) is 43.1 Å². The molecule has 0 saturated heterocycles. The summed E-state index contributed by atoms with van der Waals surface area (Å²) >= 11 is 0. The van der Waals surface area contributed by atoms with E-state index in [0.29, 0.717) is 18.1 Å². The van der Waals surface area contributed by atoms with Crippen molar-refractivity contribution in [1.29, 1.82) is 0 Å². The molecule has 170 valence electrons. The average Bonchev–Trinajstić information content (AvgIpc) is 2.72. The molecule has 0 aromatic heterocycles. The van der Waals surface area contributed by atoms with Crippen LogP contribution in [0.3, 0.4) is 0 Å². The smallest absolute Gasteiger partial charge is 0.137 e. The number of allylic oxidation sites excluding steroid dienone is 2. The molecule has 0 aliphatic heterocycles. The zero-order valence-electron chi connectivity index (χ0n) is 20.2. The highest BCUT2D eigenvalue weighted by atomic mass is 16.1. The summed E-state index contributed by atoms with van der Waals surface area (Å²) in [7, 11) is 0. The summed E-state index contributed by atoms with van der Waals surface area (Å²) in [5.41, 5.74) is 1.15. The second kappa shape index (κ2) is 18.4. The molecular weight excluding hydrogens is 364 g/mol. The predicted molar refractivity (Wildman–Crippen MR) is 133 cm³/mol. The Morgan fingerprint density at radius 1 is 0.833 bits per heavy atom. The first-order valence-electron chi connectivity index (χ1n) is 12.8. The summed E-state index contributed by atoms with van der Waals surface area (Å²) in [4.78, 5) is 12.6. The zero-order valence-corrected chi connectivity index (χ0v) is 20.2. The molecule has 0 saturated carbocycles. The SMILES string of the molecule is CCCCCC[C@H](C/C=C\CCCCCCCC(C)C)CC(=O)Cc1ccccc1. The highest BCUT2D eigenvalue weighted by Gasteiger charge is 2.13. The van der Waals surface area contributed by atoms with Crippen molar-refractivity contribution < 1.29 is 4.79 Å². The fourth-order valence-electron chi connectivity index (χ4n) is 4.13. The van der Waals surface area contributed by atoms with Crippen LogP contribution in [0.25, 0.3) is 0 Å². The molecule has 1 heteroatoms. The number of carbonyl (C=O) groups excluding carboxylic acids is 1. The van der Waals surface area contributed by atoms with Gasteiger partial charge in [-0.25, -0.2) is 0 Å². The summed E-state index contributed by atoms with van der Waals surface area (Å²) < 4.78 is 0. The van der Waals surface area contributed by atoms with E-state index in [0.717, 1.165) is 24.3 Å². The molecule has 0 fully saturated rings. The Morgan fingerprint density at radius 2 is 1.50 bits per heavy atom. The van der Waals surface area contributed by atoms with E-state index in [1.807, 2.05) is 18.2 Å². The minimum absolute atomic E-state index is 0.400. The quantitative estimate of drug-likeness (QED) is 0.163. The van der Waals surface area contributed by atoms with Crippen molar-refractivity contribution in [3.8, 4) is 0 Å². The molecule has 0 spiro atoms. The maximum atomic E-state index is 12.6. The number of unbranched alkanes of at least 4 members (excludes halogenated alkanes) is 8. The van der Waals surface area contributed by atoms with Crippen molar-refractivity contribution in [2.75, 3.05) is 0 Å². The number of hydrogen-bond acceptors (Lipinski definition) is 1. The van der Waals surface area contributed by atoms with Crippen LogP contribution < -0.4 is 0 Å². The molecule has 0 aliphatic carbocycles. The van der Waals surface area contributed by atoms with Gasteiger partial charge in [0.1, 0.15) is 5.78 Å². The van der Waals surface area contributed by atoms with Crippen molar-refractivity contribution in [3.05, 3.63) is 48.0 Å². The van der Waals surface area contributed by atoms with Crippen LogP contribution in [0.1, 0.15) is 116 Å². The number of hydrogen-bond donors (Lipinski definition) is 0. The number of ketones is 1. The summed E-state index contributed by atoms with van der Waals surface area (Å²) in [5, 5.41) is 0. The molecule has 0 radical (unpaired) electrons. The Balaban J connectivity index is 2.27. The number of benzene rings is 1. The molecular formula is C29H48O. The maximum absolute atomic E-state index is 12.6. The van der Waals surface area contributed by atoms with Crippen LogP contribution in [-0.2, 0) is 11.2 Å². The minimum atomic E-state index is 0.400. The molecule has 1 rings (SSSR count). The molecule has 1 nitrogen and oxygen atoms in total. The molecule has 0 unspecified atom stereocenters. The lowest BCUT2D eigenvalue weighted by Crippen LogP contribution is -2.10. The molecule has 30 heavy (non-hydrogen) atoms. The van der Waals surface area contributed by atoms with Crippen molar-refractivity contribution in [3.63, 3.8) is 0 Å². The number of carbonyl (C=O) groups is 1. The second-order valence-electron chi connectivity index (χ2n) is 9.57. The lowest BCUT2D eigenvalue weighted by Gasteiger charge is -2.14. The first-order chi connectivity index (χ1) is 14.6. The lowest BCUT2D eigenvalue weighted by atomic mass is 9.90. The van der Waals surface area contributed by atoms with Crippen molar-refractivity contribution in [2.24, 2.45) is 11.8 Å². The zero-order chi connectivity index (χ0) is 21.9. The summed E-state index contributed by atoms with van der Waals surface area (Å²) in [6.07, 6.45) is 22.9. The van der Waals surface area contributed by atoms with Gasteiger partial charge in [0.25, 0.3) is 0 Å². The lowest BCUT2D eigenvalue weighted by molar-refractivity contribution is -0.119. The Labute approximate surface area is 187 Å². The largest absolute Gasteiger partial charge is 0.299 e. The maximum Gasteiger partial charge on any atom is 0.137 e. The van der Waals surface area contributed by atoms with Crippen molar-refractivity contribution in [1.82, 2.24) is 0 Å². The van der Waals surface area contributed by atoms with E-state index in [4.69, 9.17) is 0 Å². The van der Waals surface area contributed by atoms with Gasteiger partial charge in [-0.2, -0.15) is 0 Å². The van der Waals surface area contributed by atoms with E-state index in [2.05, 4.69) is 45.1 Å². The first kappa shape index (κ1) is 26.7. The summed E-state index contributed by atoms with van der Waals surface area (Å²) in [6, 6.07) is 10.2. The van der Waals surface area contributed by atoms with Gasteiger partial charge in [0.2, 0.25) is 0 Å². The van der Waals surface area contributed by atoms with Gasteiger partial charge in [-0.3, -0.25) is 4.79 Å². The van der Waals surface area contributed by atoms with Crippen LogP contribution in [0, 0.1) is 11.8 Å². The second-order valence-corrected chi connectivity index (χ2v) is 9.57. The van der Waals surface area contributed by atoms with E-state index in [9.17, 15) is 4.79 Å². The Kier molecular flexibility index (Phi) is 16.4. The van der Waals surface area contributed by atoms with Gasteiger partial charge in [0, 0.05) is 12.8 Å². The monoisotopic (exact) mass is 412 g/mol. The molecule has 0 aliphatic rings. The Morgan fingerprint density at radius 3 is 2.23 bits per heavy atom. The number of rotatable bonds is 19. The molecule has 1 aromatic carbocycles. The standard InChI is InChI=1S/C29H48O/c1-4-5-6-15-20-27(24-29(30)25-28-22-17-13-18-23-28)21-16-12-10-8-7-9-11-14-19-26(2)3/h12-13,16-18,22-23,26-27H,4-11,14-15,19-21,24-25H2,1-3H3/b16-12-/t27-/m1/s1. The highest BCUT2D eigenvalue weighted by Crippen LogP contribution is 2.21. The first-order valence-corrected chi connectivity index (χ1v) is 12.8. The van der Waals surface area contributed by atoms with Gasteiger partial charge in [-0.15, -0.1) is 0 Å². The van der Waals surface area contributed by atoms with Gasteiger partial charge < -0.3 is 0 Å². The minimum Gasteiger partial charge on any atom is -0.299 e. The third kappa shape index (κ3) is 15.5. The Bertz CT molecular complexity index is 543. The third-order valence-electron chi connectivity index (χ3n) is 6.01. The average molecular weight is 413 g/mol. The summed E-state index contributed by atoms with van der Waals surface area (Å²) in [5.74, 6) is 1.77. The molecule has 1 aromatic rings. The van der Waals surface area contributed by atoms with Crippen molar-refractivity contribution >= 4 is 5.78 Å². The van der Waals surface area contributed by atoms with E-state index in [1.54, 1.807) is 0 Å². The highest BCUT2D eigenvalue weighted by molar-refractivity contribution is 5.81. The van der Waals surface area contributed by atoms with E-state index in [-0.39, 0.29) is 0 Å². The Hall–Kier alpha value is -1.37. The van der Waals surface area contributed by atoms with E-state index < -0.39 is 0 Å². The molecule has 0 amide bonds. The summed E-state index contributed by atoms with van der Waals surface area (Å²) in [6.45, 7) is 6.89. The van der Waals surface area contributed by atoms with Crippen LogP contribution >= 0.6 is 0 Å². The van der Waals surface area contributed by atoms with Gasteiger partial charge >= 0.3 is 0 Å². The van der Waals surface area contributed by atoms with Gasteiger partial charge in [-0.1, -0.05) is 121 Å². The molecule has 1 atom stereocenters. The number of Topliss-reactive ketones (excluding diaryl/α,β-unsaturated/α-hetero) is 1. The van der Waals surface area contributed by atoms with Crippen LogP contribution in [0.4, 0.5) is 0 Å². The fraction of sp³-hybridized carbons (Fsp3) is 0.690. The van der Waals surface area contributed by atoms with Crippen molar-refractivity contribution in [2.45, 2.75) is 117 Å². The van der Waals surface area contributed by atoms with E-state index in [1.165, 1.54) is 77.0 Å². The van der Waals surface area contributed by atoms with Crippen LogP contribution in [-0.4, -0.2) is 5.78 Å². The van der Waals surface area contributed by atoms with Crippen LogP contribution in [0.15, 0.2) is 42.5 Å². The molecule has 0 N–H and O–H groups in total. The molecule has 0 heterocycles. The van der Waals surface area contributed by atoms with Gasteiger partial charge in [0.05, 0.1) is 0 Å². The topological polar surface area (TPSA) is 17.1 Å². The van der Waals surface area contributed by atoms with Crippen LogP contribution in [0.5, 0.6) is 0 Å². The normalized spacial score (nSPS) is 12.7. The van der Waals surface area contributed by atoms with Gasteiger partial charge in [0.15, 0.2) is 0 Å². The van der Waals surface area contributed by atoms with Crippen LogP contribution in [0.2, 0.25) is 0 Å². The fourth-order valence-corrected chi connectivity index (χ4v) is 4.13. The van der Waals surface area contributed by atoms with E-state index >= 15 is 0 Å².